The van der Waals surface area contributed by atoms with Gasteiger partial charge >= 0.3 is 0 Å². The molecule has 0 spiro atoms. The topological polar surface area (TPSA) is 55.4 Å². The highest BCUT2D eigenvalue weighted by Crippen LogP contribution is 2.25. The van der Waals surface area contributed by atoms with E-state index in [2.05, 4.69) is 5.32 Å². The third kappa shape index (κ3) is 2.30. The van der Waals surface area contributed by atoms with Gasteiger partial charge in [-0.25, -0.2) is 8.42 Å². The summed E-state index contributed by atoms with van der Waals surface area (Å²) in [7, 11) is -1.62. The number of rotatable bonds is 3. The highest BCUT2D eigenvalue weighted by atomic mass is 32.2. The predicted octanol–water partition coefficient (Wildman–Crippen LogP) is 1.14. The standard InChI is InChI=1S/C12H17NO3S/c1-9-7-10(3-4-12(9)16-2)17(14,15)11-5-6-13-8-11/h3-4,7,11,13H,5-6,8H2,1-2H3. The molecule has 1 fully saturated rings. The average Bonchev–Trinajstić information content (AvgIpc) is 2.83. The molecule has 1 heterocycles. The lowest BCUT2D eigenvalue weighted by atomic mass is 10.2. The second-order valence-electron chi connectivity index (χ2n) is 4.29. The van der Waals surface area contributed by atoms with Crippen molar-refractivity contribution in [3.8, 4) is 5.75 Å². The Kier molecular flexibility index (Phi) is 3.40. The summed E-state index contributed by atoms with van der Waals surface area (Å²) in [6.45, 7) is 3.18. The summed E-state index contributed by atoms with van der Waals surface area (Å²) in [5.74, 6) is 0.716. The lowest BCUT2D eigenvalue weighted by molar-refractivity contribution is 0.411. The fourth-order valence-electron chi connectivity index (χ4n) is 2.11. The van der Waals surface area contributed by atoms with Crippen molar-refractivity contribution in [2.45, 2.75) is 23.5 Å². The summed E-state index contributed by atoms with van der Waals surface area (Å²) in [4.78, 5) is 0.393. The summed E-state index contributed by atoms with van der Waals surface area (Å²) in [5.41, 5.74) is 0.847. The van der Waals surface area contributed by atoms with Crippen LogP contribution in [0.15, 0.2) is 23.1 Å². The van der Waals surface area contributed by atoms with E-state index in [1.807, 2.05) is 6.92 Å². The van der Waals surface area contributed by atoms with Crippen LogP contribution in [0.4, 0.5) is 0 Å². The van der Waals surface area contributed by atoms with Crippen LogP contribution < -0.4 is 10.1 Å². The second-order valence-corrected chi connectivity index (χ2v) is 6.52. The van der Waals surface area contributed by atoms with E-state index in [0.717, 1.165) is 12.1 Å². The van der Waals surface area contributed by atoms with Gasteiger partial charge in [0.25, 0.3) is 0 Å². The van der Waals surface area contributed by atoms with Crippen molar-refractivity contribution in [3.63, 3.8) is 0 Å². The van der Waals surface area contributed by atoms with E-state index in [-0.39, 0.29) is 5.25 Å². The number of ether oxygens (including phenoxy) is 1. The van der Waals surface area contributed by atoms with E-state index in [1.165, 1.54) is 0 Å². The fraction of sp³-hybridized carbons (Fsp3) is 0.500. The van der Waals surface area contributed by atoms with Crippen molar-refractivity contribution in [1.82, 2.24) is 5.32 Å². The number of hydrogen-bond donors (Lipinski definition) is 1. The number of methoxy groups -OCH3 is 1. The van der Waals surface area contributed by atoms with Crippen molar-refractivity contribution in [2.75, 3.05) is 20.2 Å². The third-order valence-electron chi connectivity index (χ3n) is 3.15. The molecule has 0 amide bonds. The van der Waals surface area contributed by atoms with Gasteiger partial charge in [-0.3, -0.25) is 0 Å². The van der Waals surface area contributed by atoms with Crippen LogP contribution in [0.25, 0.3) is 0 Å². The Hall–Kier alpha value is -1.07. The minimum Gasteiger partial charge on any atom is -0.496 e. The maximum Gasteiger partial charge on any atom is 0.182 e. The Balaban J connectivity index is 2.36. The zero-order chi connectivity index (χ0) is 12.5. The summed E-state index contributed by atoms with van der Waals surface area (Å²) < 4.78 is 29.7. The van der Waals surface area contributed by atoms with Gasteiger partial charge in [-0.1, -0.05) is 0 Å². The molecule has 1 aliphatic heterocycles. The van der Waals surface area contributed by atoms with Crippen LogP contribution in [-0.2, 0) is 9.84 Å². The number of sulfone groups is 1. The maximum atomic E-state index is 12.3. The van der Waals surface area contributed by atoms with Crippen LogP contribution in [0.5, 0.6) is 5.75 Å². The molecule has 0 radical (unpaired) electrons. The zero-order valence-electron chi connectivity index (χ0n) is 10.1. The van der Waals surface area contributed by atoms with Crippen LogP contribution in [0, 0.1) is 6.92 Å². The number of aryl methyl sites for hydroxylation is 1. The summed E-state index contributed by atoms with van der Waals surface area (Å²) in [6, 6.07) is 5.02. The monoisotopic (exact) mass is 255 g/mol. The average molecular weight is 255 g/mol. The van der Waals surface area contributed by atoms with Crippen molar-refractivity contribution < 1.29 is 13.2 Å². The SMILES string of the molecule is COc1ccc(S(=O)(=O)C2CCNC2)cc1C. The van der Waals surface area contributed by atoms with Crippen LogP contribution in [0.2, 0.25) is 0 Å². The molecule has 0 saturated carbocycles. The first kappa shape index (κ1) is 12.4. The van der Waals surface area contributed by atoms with Crippen LogP contribution in [0.3, 0.4) is 0 Å². The van der Waals surface area contributed by atoms with E-state index in [1.54, 1.807) is 25.3 Å². The maximum absolute atomic E-state index is 12.3. The first-order chi connectivity index (χ1) is 8.05. The molecular formula is C12H17NO3S. The Labute approximate surface area is 102 Å². The quantitative estimate of drug-likeness (QED) is 0.880. The summed E-state index contributed by atoms with van der Waals surface area (Å²) in [5, 5.41) is 2.79. The minimum atomic E-state index is -3.20. The molecule has 4 nitrogen and oxygen atoms in total. The first-order valence-corrected chi connectivity index (χ1v) is 7.19. The molecule has 0 bridgehead atoms. The van der Waals surface area contributed by atoms with Crippen molar-refractivity contribution >= 4 is 9.84 Å². The smallest absolute Gasteiger partial charge is 0.182 e. The minimum absolute atomic E-state index is 0.296. The molecule has 1 saturated heterocycles. The Morgan fingerprint density at radius 1 is 1.41 bits per heavy atom. The van der Waals surface area contributed by atoms with Crippen molar-refractivity contribution in [2.24, 2.45) is 0 Å². The predicted molar refractivity (Wildman–Crippen MR) is 66.2 cm³/mol. The highest BCUT2D eigenvalue weighted by molar-refractivity contribution is 7.92. The van der Waals surface area contributed by atoms with Crippen molar-refractivity contribution in [1.29, 1.82) is 0 Å². The lowest BCUT2D eigenvalue weighted by Gasteiger charge is -2.12. The van der Waals surface area contributed by atoms with Gasteiger partial charge < -0.3 is 10.1 Å². The molecule has 17 heavy (non-hydrogen) atoms. The first-order valence-electron chi connectivity index (χ1n) is 5.65. The fourth-order valence-corrected chi connectivity index (χ4v) is 3.86. The Bertz CT molecular complexity index is 504. The van der Waals surface area contributed by atoms with E-state index in [9.17, 15) is 8.42 Å². The number of nitrogens with one attached hydrogen (secondary N) is 1. The molecule has 1 unspecified atom stereocenters. The van der Waals surface area contributed by atoms with Gasteiger partial charge in [0.2, 0.25) is 0 Å². The van der Waals surface area contributed by atoms with Crippen molar-refractivity contribution in [3.05, 3.63) is 23.8 Å². The molecule has 1 aromatic carbocycles. The molecule has 1 aromatic rings. The molecule has 2 rings (SSSR count). The van der Waals surface area contributed by atoms with E-state index < -0.39 is 9.84 Å². The molecule has 5 heteroatoms. The molecule has 94 valence electrons. The molecule has 0 aromatic heterocycles. The molecule has 1 aliphatic rings. The van der Waals surface area contributed by atoms with Gasteiger partial charge in [-0.15, -0.1) is 0 Å². The van der Waals surface area contributed by atoms with Crippen LogP contribution in [0.1, 0.15) is 12.0 Å². The van der Waals surface area contributed by atoms with Gasteiger partial charge in [0.05, 0.1) is 17.3 Å². The lowest BCUT2D eigenvalue weighted by Crippen LogP contribution is -2.24. The molecule has 0 aliphatic carbocycles. The van der Waals surface area contributed by atoms with E-state index >= 15 is 0 Å². The summed E-state index contributed by atoms with van der Waals surface area (Å²) >= 11 is 0. The number of hydrogen-bond acceptors (Lipinski definition) is 4. The van der Waals surface area contributed by atoms with E-state index in [4.69, 9.17) is 4.74 Å². The van der Waals surface area contributed by atoms with Gasteiger partial charge in [0, 0.05) is 6.54 Å². The highest BCUT2D eigenvalue weighted by Gasteiger charge is 2.30. The molecule has 1 atom stereocenters. The van der Waals surface area contributed by atoms with Gasteiger partial charge in [-0.05, 0) is 43.7 Å². The second kappa shape index (κ2) is 4.66. The zero-order valence-corrected chi connectivity index (χ0v) is 10.9. The Morgan fingerprint density at radius 3 is 2.71 bits per heavy atom. The molecular weight excluding hydrogens is 238 g/mol. The van der Waals surface area contributed by atoms with Gasteiger partial charge in [0.15, 0.2) is 9.84 Å². The van der Waals surface area contributed by atoms with Gasteiger partial charge in [0.1, 0.15) is 5.75 Å². The van der Waals surface area contributed by atoms with Gasteiger partial charge in [-0.2, -0.15) is 0 Å². The largest absolute Gasteiger partial charge is 0.496 e. The van der Waals surface area contributed by atoms with Crippen LogP contribution >= 0.6 is 0 Å². The van der Waals surface area contributed by atoms with Crippen LogP contribution in [-0.4, -0.2) is 33.9 Å². The number of benzene rings is 1. The Morgan fingerprint density at radius 2 is 2.18 bits per heavy atom. The summed E-state index contributed by atoms with van der Waals surface area (Å²) in [6.07, 6.45) is 0.688. The third-order valence-corrected chi connectivity index (χ3v) is 5.34. The normalized spacial score (nSPS) is 20.5. The molecule has 1 N–H and O–H groups in total. The van der Waals surface area contributed by atoms with E-state index in [0.29, 0.717) is 23.6 Å².